The van der Waals surface area contributed by atoms with Gasteiger partial charge in [-0.2, -0.15) is 10.2 Å². The van der Waals surface area contributed by atoms with Gasteiger partial charge in [0.2, 0.25) is 0 Å². The molecule has 0 aliphatic rings. The Labute approximate surface area is 321 Å². The molecule has 1 N–H and O–H groups in total. The molecule has 0 amide bonds. The molecule has 47 heavy (non-hydrogen) atoms. The number of rotatable bonds is 7. The highest BCUT2D eigenvalue weighted by atomic mass is 127. The van der Waals surface area contributed by atoms with Crippen molar-refractivity contribution in [1.82, 2.24) is 39.1 Å². The van der Waals surface area contributed by atoms with Crippen LogP contribution < -0.4 is 0 Å². The molecule has 15 heteroatoms. The van der Waals surface area contributed by atoms with E-state index in [-0.39, 0.29) is 11.6 Å². The summed E-state index contributed by atoms with van der Waals surface area (Å²) in [5.74, 6) is 1.68. The molecular formula is C32H31Br2ClF2I2N8. The van der Waals surface area contributed by atoms with Crippen molar-refractivity contribution in [3.63, 3.8) is 0 Å². The molecule has 6 aromatic rings. The molecule has 0 radical (unpaired) electrons. The van der Waals surface area contributed by atoms with Crippen molar-refractivity contribution in [3.8, 4) is 22.8 Å². The van der Waals surface area contributed by atoms with Crippen molar-refractivity contribution in [1.29, 1.82) is 0 Å². The van der Waals surface area contributed by atoms with Gasteiger partial charge in [-0.25, -0.2) is 18.7 Å². The van der Waals surface area contributed by atoms with Crippen molar-refractivity contribution >= 4 is 88.6 Å². The van der Waals surface area contributed by atoms with Crippen molar-refractivity contribution in [3.05, 3.63) is 112 Å². The van der Waals surface area contributed by atoms with Crippen molar-refractivity contribution in [2.24, 2.45) is 0 Å². The van der Waals surface area contributed by atoms with E-state index >= 15 is 0 Å². The van der Waals surface area contributed by atoms with E-state index in [1.54, 1.807) is 24.5 Å². The van der Waals surface area contributed by atoms with Gasteiger partial charge >= 0.3 is 0 Å². The summed E-state index contributed by atoms with van der Waals surface area (Å²) >= 11 is 16.8. The summed E-state index contributed by atoms with van der Waals surface area (Å²) < 4.78 is 35.7. The van der Waals surface area contributed by atoms with Crippen LogP contribution in [0.4, 0.5) is 8.78 Å². The number of nitrogens with one attached hydrogen (secondary N) is 1. The first-order valence-corrected chi connectivity index (χ1v) is 18.7. The predicted molar refractivity (Wildman–Crippen MR) is 206 cm³/mol. The zero-order chi connectivity index (χ0) is 34.2. The highest BCUT2D eigenvalue weighted by Crippen LogP contribution is 2.28. The standard InChI is InChI=1S/C16H15BrFIN4.C10H8FIN2.C6H8BrClN2/c1-3-23-15(17)11(7-20-23)9-22-8-10(2)21-16(22)13-5-4-12(18)6-14(13)19;1-6-5-13-10(14-6)8-3-2-7(11)4-9(8)12;1-2-10-6(7)5(3-8)4-9-10/h4-8H,3,9H2,1-2H3;2-5H,1H3,(H,13,14);4H,2-3H2,1H3. The minimum absolute atomic E-state index is 0.221. The SMILES string of the molecule is CCn1ncc(CCl)c1Br.CCn1ncc(Cn2cc(C)nc2-c2ccc(F)cc2I)c1Br.Cc1cnc(-c2ccc(F)cc2I)[nH]1. The topological polar surface area (TPSA) is 82.1 Å². The van der Waals surface area contributed by atoms with Gasteiger partial charge in [-0.1, -0.05) is 0 Å². The van der Waals surface area contributed by atoms with Gasteiger partial charge in [-0.15, -0.1) is 11.6 Å². The van der Waals surface area contributed by atoms with E-state index in [1.807, 2.05) is 42.5 Å². The third-order valence-corrected chi connectivity index (χ3v) is 10.6. The Morgan fingerprint density at radius 1 is 0.830 bits per heavy atom. The average molecular weight is 1010 g/mol. The summed E-state index contributed by atoms with van der Waals surface area (Å²) in [7, 11) is 0. The molecule has 0 aliphatic heterocycles. The maximum absolute atomic E-state index is 13.4. The number of halogens is 7. The van der Waals surface area contributed by atoms with Crippen LogP contribution in [0.1, 0.15) is 36.4 Å². The van der Waals surface area contributed by atoms with Crippen LogP contribution in [0.5, 0.6) is 0 Å². The Balaban J connectivity index is 0.000000177. The quantitative estimate of drug-likeness (QED) is 0.128. The van der Waals surface area contributed by atoms with Crippen LogP contribution in [0, 0.1) is 32.6 Å². The van der Waals surface area contributed by atoms with Gasteiger partial charge in [0.25, 0.3) is 0 Å². The Morgan fingerprint density at radius 3 is 1.85 bits per heavy atom. The first kappa shape index (κ1) is 37.7. The lowest BCUT2D eigenvalue weighted by Gasteiger charge is -2.09. The number of imidazole rings is 2. The van der Waals surface area contributed by atoms with Gasteiger partial charge in [0.1, 0.15) is 32.5 Å². The molecule has 4 aromatic heterocycles. The maximum Gasteiger partial charge on any atom is 0.141 e. The number of alkyl halides is 1. The number of nitrogens with zero attached hydrogens (tertiary/aromatic N) is 7. The van der Waals surface area contributed by atoms with Crippen molar-refractivity contribution < 1.29 is 8.78 Å². The van der Waals surface area contributed by atoms with E-state index in [0.717, 1.165) is 74.7 Å². The van der Waals surface area contributed by atoms with Crippen molar-refractivity contribution in [2.75, 3.05) is 0 Å². The third-order valence-electron chi connectivity index (χ3n) is 6.73. The molecule has 0 spiro atoms. The van der Waals surface area contributed by atoms with Gasteiger partial charge in [0, 0.05) is 60.6 Å². The van der Waals surface area contributed by atoms with Crippen LogP contribution in [-0.4, -0.2) is 39.1 Å². The van der Waals surface area contributed by atoms with E-state index in [4.69, 9.17) is 11.6 Å². The Morgan fingerprint density at radius 2 is 1.38 bits per heavy atom. The zero-order valence-corrected chi connectivity index (χ0v) is 34.1. The molecule has 0 fully saturated rings. The number of hydrogen-bond acceptors (Lipinski definition) is 4. The van der Waals surface area contributed by atoms with Crippen LogP contribution in [0.25, 0.3) is 22.8 Å². The fourth-order valence-electron chi connectivity index (χ4n) is 4.42. The lowest BCUT2D eigenvalue weighted by molar-refractivity contribution is 0.626. The molecule has 6 rings (SSSR count). The van der Waals surface area contributed by atoms with Crippen LogP contribution in [0.2, 0.25) is 0 Å². The molecule has 0 unspecified atom stereocenters. The molecule has 0 saturated carbocycles. The molecule has 2 aromatic carbocycles. The van der Waals surface area contributed by atoms with Crippen LogP contribution in [0.15, 0.2) is 70.4 Å². The first-order valence-electron chi connectivity index (χ1n) is 14.4. The lowest BCUT2D eigenvalue weighted by atomic mass is 10.2. The summed E-state index contributed by atoms with van der Waals surface area (Å²) in [5.41, 5.74) is 5.92. The molecule has 0 bridgehead atoms. The second-order valence-electron chi connectivity index (χ2n) is 10.2. The molecule has 248 valence electrons. The number of aromatic nitrogens is 8. The first-order chi connectivity index (χ1) is 22.4. The summed E-state index contributed by atoms with van der Waals surface area (Å²) in [5, 5.41) is 8.44. The van der Waals surface area contributed by atoms with Gasteiger partial charge in [-0.05, 0) is 141 Å². The predicted octanol–water partition coefficient (Wildman–Crippen LogP) is 10.2. The second-order valence-corrected chi connectivity index (χ2v) is 14.3. The number of H-pyrrole nitrogens is 1. The largest absolute Gasteiger partial charge is 0.342 e. The molecular weight excluding hydrogens is 983 g/mol. The summed E-state index contributed by atoms with van der Waals surface area (Å²) in [6.45, 7) is 10.3. The van der Waals surface area contributed by atoms with Gasteiger partial charge < -0.3 is 9.55 Å². The Kier molecular flexibility index (Phi) is 14.0. The molecule has 0 atom stereocenters. The highest BCUT2D eigenvalue weighted by molar-refractivity contribution is 14.1. The molecule has 0 saturated heterocycles. The monoisotopic (exact) mass is 1010 g/mol. The van der Waals surface area contributed by atoms with E-state index in [9.17, 15) is 8.78 Å². The molecule has 8 nitrogen and oxygen atoms in total. The number of benzene rings is 2. The second kappa shape index (κ2) is 17.5. The van der Waals surface area contributed by atoms with Gasteiger partial charge in [0.15, 0.2) is 0 Å². The number of aromatic amines is 1. The molecule has 4 heterocycles. The minimum atomic E-state index is -0.236. The zero-order valence-electron chi connectivity index (χ0n) is 25.9. The number of hydrogen-bond donors (Lipinski definition) is 1. The lowest BCUT2D eigenvalue weighted by Crippen LogP contribution is -2.03. The smallest absolute Gasteiger partial charge is 0.141 e. The Hall–Kier alpha value is -2.15. The summed E-state index contributed by atoms with van der Waals surface area (Å²) in [4.78, 5) is 11.9. The van der Waals surface area contributed by atoms with E-state index < -0.39 is 0 Å². The fourth-order valence-corrected chi connectivity index (χ4v) is 7.39. The van der Waals surface area contributed by atoms with E-state index in [2.05, 4.69) is 114 Å². The van der Waals surface area contributed by atoms with Gasteiger partial charge in [0.05, 0.1) is 30.5 Å². The van der Waals surface area contributed by atoms with Gasteiger partial charge in [-0.3, -0.25) is 9.36 Å². The number of aryl methyl sites for hydroxylation is 4. The van der Waals surface area contributed by atoms with Crippen LogP contribution in [0.3, 0.4) is 0 Å². The maximum atomic E-state index is 13.4. The summed E-state index contributed by atoms with van der Waals surface area (Å²) in [6.07, 6.45) is 7.40. The minimum Gasteiger partial charge on any atom is -0.342 e. The van der Waals surface area contributed by atoms with E-state index in [0.29, 0.717) is 12.4 Å². The van der Waals surface area contributed by atoms with Crippen LogP contribution >= 0.6 is 88.6 Å². The molecule has 0 aliphatic carbocycles. The van der Waals surface area contributed by atoms with Crippen molar-refractivity contribution in [2.45, 2.75) is 53.2 Å². The Bertz CT molecular complexity index is 1930. The highest BCUT2D eigenvalue weighted by Gasteiger charge is 2.15. The normalized spacial score (nSPS) is 10.8. The average Bonchev–Trinajstić information content (AvgIpc) is 3.81. The van der Waals surface area contributed by atoms with Crippen LogP contribution in [-0.2, 0) is 25.5 Å². The summed E-state index contributed by atoms with van der Waals surface area (Å²) in [6, 6.07) is 9.44. The fraction of sp³-hybridized carbons (Fsp3) is 0.250. The third kappa shape index (κ3) is 9.73. The van der Waals surface area contributed by atoms with E-state index in [1.165, 1.54) is 24.3 Å².